The fourth-order valence-electron chi connectivity index (χ4n) is 8.41. The second-order valence-corrected chi connectivity index (χ2v) is 14.8. The molecule has 6 aromatic carbocycles. The number of benzene rings is 6. The van der Waals surface area contributed by atoms with Crippen LogP contribution in [0.15, 0.2) is 121 Å². The lowest BCUT2D eigenvalue weighted by atomic mass is 9.96. The first kappa shape index (κ1) is 36.6. The molecule has 0 spiro atoms. The Bertz CT molecular complexity index is 3220. The second kappa shape index (κ2) is 13.7. The van der Waals surface area contributed by atoms with Crippen molar-refractivity contribution in [2.75, 3.05) is 0 Å². The normalized spacial score (nSPS) is 11.9. The maximum Gasteiger partial charge on any atom is 0.416 e. The van der Waals surface area contributed by atoms with Gasteiger partial charge in [0.05, 0.1) is 50.6 Å². The monoisotopic (exact) mass is 791 g/mol. The molecule has 10 aromatic rings. The first-order valence-corrected chi connectivity index (χ1v) is 19.2. The van der Waals surface area contributed by atoms with Crippen molar-refractivity contribution in [1.82, 2.24) is 39.0 Å². The molecule has 0 atom stereocenters. The highest BCUT2D eigenvalue weighted by Crippen LogP contribution is 2.44. The van der Waals surface area contributed by atoms with Gasteiger partial charge in [-0.2, -0.15) is 18.4 Å². The molecule has 0 fully saturated rings. The van der Waals surface area contributed by atoms with Crippen LogP contribution in [0.5, 0.6) is 0 Å². The number of halogens is 3. The Hall–Kier alpha value is -7.78. The largest absolute Gasteiger partial charge is 0.416 e. The van der Waals surface area contributed by atoms with E-state index in [1.54, 1.807) is 18.2 Å². The standard InChI is InChI=1S/C48H32F3N9/c1-26-53-27(2)56-46(55-26)32-16-18-41-37(23-32)35-12-5-7-14-39(35)59(41)43-20-30(25-52)21-44(45(43)31-10-9-11-34(22-31)48(49,50)51)60-40-15-8-6-13-36(40)38-24-33(17-19-42(38)60)47-57-28(3)54-29(4)58-47/h5-24H,1-4H3. The SMILES string of the molecule is Cc1nc(C)nc(-c2ccc3c(c2)c2ccccc2n3-c2cc(C#N)cc(-n3c4ccccc4c4cc(-c5nc(C)nc(C)n5)ccc43)c2-c2cccc(C(F)(F)F)c2)n1. The van der Waals surface area contributed by atoms with Gasteiger partial charge in [0.1, 0.15) is 23.3 Å². The van der Waals surface area contributed by atoms with Gasteiger partial charge in [-0.15, -0.1) is 0 Å². The predicted molar refractivity (Wildman–Crippen MR) is 227 cm³/mol. The number of aromatic nitrogens is 8. The van der Waals surface area contributed by atoms with Gasteiger partial charge in [0.15, 0.2) is 11.6 Å². The van der Waals surface area contributed by atoms with Gasteiger partial charge in [-0.1, -0.05) is 48.5 Å². The number of hydrogen-bond donors (Lipinski definition) is 0. The lowest BCUT2D eigenvalue weighted by molar-refractivity contribution is -0.137. The minimum Gasteiger partial charge on any atom is -0.308 e. The van der Waals surface area contributed by atoms with Crippen molar-refractivity contribution in [1.29, 1.82) is 5.26 Å². The topological polar surface area (TPSA) is 111 Å². The summed E-state index contributed by atoms with van der Waals surface area (Å²) in [7, 11) is 0. The van der Waals surface area contributed by atoms with E-state index in [2.05, 4.69) is 36.0 Å². The van der Waals surface area contributed by atoms with Gasteiger partial charge >= 0.3 is 6.18 Å². The average Bonchev–Trinajstić information content (AvgIpc) is 3.74. The van der Waals surface area contributed by atoms with E-state index < -0.39 is 11.7 Å². The Kier molecular flexibility index (Phi) is 8.33. The summed E-state index contributed by atoms with van der Waals surface area (Å²) in [6, 6.07) is 38.9. The number of rotatable bonds is 5. The number of aryl methyl sites for hydroxylation is 4. The molecule has 60 heavy (non-hydrogen) atoms. The molecule has 0 saturated carbocycles. The molecule has 0 radical (unpaired) electrons. The van der Waals surface area contributed by atoms with Gasteiger partial charge in [0, 0.05) is 38.2 Å². The fourth-order valence-corrected chi connectivity index (χ4v) is 8.41. The third kappa shape index (κ3) is 6.02. The van der Waals surface area contributed by atoms with Gasteiger partial charge in [0.2, 0.25) is 0 Å². The Balaban J connectivity index is 1.32. The zero-order valence-corrected chi connectivity index (χ0v) is 32.7. The van der Waals surface area contributed by atoms with Crippen LogP contribution in [-0.2, 0) is 6.18 Å². The zero-order chi connectivity index (χ0) is 41.4. The second-order valence-electron chi connectivity index (χ2n) is 14.8. The highest BCUT2D eigenvalue weighted by atomic mass is 19.4. The van der Waals surface area contributed by atoms with Crippen molar-refractivity contribution < 1.29 is 13.2 Å². The van der Waals surface area contributed by atoms with Crippen LogP contribution in [0.1, 0.15) is 34.4 Å². The molecule has 4 heterocycles. The zero-order valence-electron chi connectivity index (χ0n) is 32.7. The third-order valence-corrected chi connectivity index (χ3v) is 10.8. The number of hydrogen-bond acceptors (Lipinski definition) is 7. The summed E-state index contributed by atoms with van der Waals surface area (Å²) in [5, 5.41) is 14.3. The molecule has 12 heteroatoms. The molecule has 0 amide bonds. The number of para-hydroxylation sites is 2. The summed E-state index contributed by atoms with van der Waals surface area (Å²) in [5.41, 5.74) is 6.19. The van der Waals surface area contributed by atoms with Crippen LogP contribution < -0.4 is 0 Å². The molecular weight excluding hydrogens is 760 g/mol. The summed E-state index contributed by atoms with van der Waals surface area (Å²) in [4.78, 5) is 27.1. The summed E-state index contributed by atoms with van der Waals surface area (Å²) < 4.78 is 47.7. The third-order valence-electron chi connectivity index (χ3n) is 10.8. The lowest BCUT2D eigenvalue weighted by Crippen LogP contribution is -2.07. The fraction of sp³-hybridized carbons (Fsp3) is 0.104. The van der Waals surface area contributed by atoms with Gasteiger partial charge in [-0.3, -0.25) is 0 Å². The Morgan fingerprint density at radius 1 is 0.467 bits per heavy atom. The van der Waals surface area contributed by atoms with E-state index in [1.807, 2.05) is 122 Å². The van der Waals surface area contributed by atoms with Crippen molar-refractivity contribution in [3.05, 3.63) is 156 Å². The number of alkyl halides is 3. The van der Waals surface area contributed by atoms with Crippen LogP contribution in [0.2, 0.25) is 0 Å². The van der Waals surface area contributed by atoms with Crippen LogP contribution in [0, 0.1) is 39.0 Å². The van der Waals surface area contributed by atoms with Gasteiger partial charge in [-0.25, -0.2) is 29.9 Å². The molecule has 290 valence electrons. The van der Waals surface area contributed by atoms with Crippen molar-refractivity contribution in [3.8, 4) is 51.3 Å². The summed E-state index contributed by atoms with van der Waals surface area (Å²) in [6.45, 7) is 7.30. The van der Waals surface area contributed by atoms with Gasteiger partial charge in [-0.05, 0) is 106 Å². The first-order chi connectivity index (χ1) is 28.9. The predicted octanol–water partition coefficient (Wildman–Crippen LogP) is 11.4. The van der Waals surface area contributed by atoms with Crippen LogP contribution in [0.25, 0.3) is 88.9 Å². The number of fused-ring (bicyclic) bond motifs is 6. The Morgan fingerprint density at radius 3 is 1.37 bits per heavy atom. The minimum atomic E-state index is -4.60. The highest BCUT2D eigenvalue weighted by Gasteiger charge is 2.32. The molecule has 9 nitrogen and oxygen atoms in total. The quantitative estimate of drug-likeness (QED) is 0.171. The van der Waals surface area contributed by atoms with E-state index in [0.717, 1.165) is 60.8 Å². The average molecular weight is 792 g/mol. The van der Waals surface area contributed by atoms with Gasteiger partial charge < -0.3 is 9.13 Å². The lowest BCUT2D eigenvalue weighted by Gasteiger charge is -2.21. The summed E-state index contributed by atoms with van der Waals surface area (Å²) in [6.07, 6.45) is -4.60. The van der Waals surface area contributed by atoms with E-state index >= 15 is 0 Å². The van der Waals surface area contributed by atoms with Crippen LogP contribution in [0.3, 0.4) is 0 Å². The smallest absolute Gasteiger partial charge is 0.308 e. The molecule has 0 unspecified atom stereocenters. The van der Waals surface area contributed by atoms with Crippen molar-refractivity contribution >= 4 is 43.6 Å². The van der Waals surface area contributed by atoms with E-state index in [0.29, 0.717) is 63.0 Å². The number of nitriles is 1. The molecule has 0 saturated heterocycles. The first-order valence-electron chi connectivity index (χ1n) is 19.2. The van der Waals surface area contributed by atoms with E-state index in [1.165, 1.54) is 12.1 Å². The summed E-state index contributed by atoms with van der Waals surface area (Å²) >= 11 is 0. The maximum atomic E-state index is 14.6. The van der Waals surface area contributed by atoms with Crippen LogP contribution in [0.4, 0.5) is 13.2 Å². The highest BCUT2D eigenvalue weighted by molar-refractivity contribution is 6.13. The molecular formula is C48H32F3N9. The summed E-state index contributed by atoms with van der Waals surface area (Å²) in [5.74, 6) is 3.47. The molecule has 0 N–H and O–H groups in total. The van der Waals surface area contributed by atoms with Crippen LogP contribution >= 0.6 is 0 Å². The molecule has 0 aliphatic carbocycles. The van der Waals surface area contributed by atoms with E-state index in [-0.39, 0.29) is 0 Å². The Morgan fingerprint density at radius 2 is 0.917 bits per heavy atom. The molecule has 0 bridgehead atoms. The maximum absolute atomic E-state index is 14.6. The van der Waals surface area contributed by atoms with Crippen molar-refractivity contribution in [2.45, 2.75) is 33.9 Å². The van der Waals surface area contributed by atoms with E-state index in [9.17, 15) is 18.4 Å². The molecule has 4 aromatic heterocycles. The minimum absolute atomic E-state index is 0.327. The molecule has 0 aliphatic heterocycles. The Labute approximate surface area is 341 Å². The van der Waals surface area contributed by atoms with Crippen molar-refractivity contribution in [2.24, 2.45) is 0 Å². The molecule has 10 rings (SSSR count). The van der Waals surface area contributed by atoms with Crippen LogP contribution in [-0.4, -0.2) is 39.0 Å². The molecule has 0 aliphatic rings. The van der Waals surface area contributed by atoms with Gasteiger partial charge in [0.25, 0.3) is 0 Å². The van der Waals surface area contributed by atoms with E-state index in [4.69, 9.17) is 0 Å². The van der Waals surface area contributed by atoms with Crippen molar-refractivity contribution in [3.63, 3.8) is 0 Å². The number of nitrogens with zero attached hydrogens (tertiary/aromatic N) is 9.